The van der Waals surface area contributed by atoms with Crippen LogP contribution in [0, 0.1) is 3.57 Å². The van der Waals surface area contributed by atoms with E-state index in [0.717, 1.165) is 9.13 Å². The van der Waals surface area contributed by atoms with Gasteiger partial charge in [0.15, 0.2) is 11.5 Å². The van der Waals surface area contributed by atoms with Gasteiger partial charge in [0.25, 0.3) is 5.91 Å². The highest BCUT2D eigenvalue weighted by Gasteiger charge is 2.15. The predicted molar refractivity (Wildman–Crippen MR) is 105 cm³/mol. The number of carbonyl (C=O) groups excluding carboxylic acids is 2. The van der Waals surface area contributed by atoms with Crippen molar-refractivity contribution in [3.8, 4) is 11.5 Å². The molecule has 1 heterocycles. The lowest BCUT2D eigenvalue weighted by Crippen LogP contribution is -2.30. The van der Waals surface area contributed by atoms with Crippen LogP contribution in [0.2, 0.25) is 0 Å². The second-order valence-corrected chi connectivity index (χ2v) is 6.49. The Labute approximate surface area is 165 Å². The van der Waals surface area contributed by atoms with Crippen LogP contribution in [0.5, 0.6) is 11.5 Å². The van der Waals surface area contributed by atoms with E-state index in [1.165, 1.54) is 14.2 Å². The number of hydrogen-bond acceptors (Lipinski definition) is 5. The first kappa shape index (κ1) is 20.0. The molecule has 0 unspecified atom stereocenters. The Kier molecular flexibility index (Phi) is 7.64. The summed E-state index contributed by atoms with van der Waals surface area (Å²) in [5.41, 5.74) is 1.44. The van der Waals surface area contributed by atoms with Crippen LogP contribution in [0.4, 0.5) is 0 Å². The first-order chi connectivity index (χ1) is 12.5. The van der Waals surface area contributed by atoms with Crippen LogP contribution in [0.15, 0.2) is 36.7 Å². The molecule has 0 aliphatic carbocycles. The quantitative estimate of drug-likeness (QED) is 0.579. The van der Waals surface area contributed by atoms with E-state index >= 15 is 0 Å². The molecule has 0 fully saturated rings. The van der Waals surface area contributed by atoms with E-state index < -0.39 is 0 Å². The van der Waals surface area contributed by atoms with Gasteiger partial charge in [0, 0.05) is 35.5 Å². The van der Waals surface area contributed by atoms with Crippen LogP contribution < -0.4 is 20.1 Å². The summed E-state index contributed by atoms with van der Waals surface area (Å²) >= 11 is 2.06. The molecule has 2 aromatic rings. The van der Waals surface area contributed by atoms with E-state index in [0.29, 0.717) is 23.6 Å². The molecule has 0 saturated carbocycles. The second-order valence-electron chi connectivity index (χ2n) is 5.33. The topological polar surface area (TPSA) is 89.5 Å². The van der Waals surface area contributed by atoms with Gasteiger partial charge in [-0.3, -0.25) is 14.6 Å². The van der Waals surface area contributed by atoms with E-state index in [1.54, 1.807) is 24.5 Å². The molecule has 138 valence electrons. The molecule has 2 rings (SSSR count). The van der Waals surface area contributed by atoms with Gasteiger partial charge >= 0.3 is 0 Å². The van der Waals surface area contributed by atoms with Crippen molar-refractivity contribution in [3.05, 3.63) is 51.4 Å². The van der Waals surface area contributed by atoms with E-state index in [2.05, 4.69) is 38.2 Å². The normalized spacial score (nSPS) is 10.1. The van der Waals surface area contributed by atoms with E-state index in [9.17, 15) is 9.59 Å². The maximum Gasteiger partial charge on any atom is 0.252 e. The van der Waals surface area contributed by atoms with Gasteiger partial charge in [0.1, 0.15) is 0 Å². The molecule has 1 aromatic heterocycles. The second kappa shape index (κ2) is 9.95. The first-order valence-corrected chi connectivity index (χ1v) is 8.98. The van der Waals surface area contributed by atoms with Gasteiger partial charge in [0.05, 0.1) is 19.8 Å². The number of hydrogen-bond donors (Lipinski definition) is 2. The van der Waals surface area contributed by atoms with Gasteiger partial charge in [-0.25, -0.2) is 0 Å². The Morgan fingerprint density at radius 2 is 1.73 bits per heavy atom. The fraction of sp³-hybridized carbons (Fsp3) is 0.278. The Balaban J connectivity index is 1.84. The standard InChI is InChI=1S/C18H20IN3O4/c1-25-15-9-13(14(19)10-16(15)26-2)18(24)21-8-5-17(23)22-11-12-3-6-20-7-4-12/h3-4,6-7,9-10H,5,8,11H2,1-2H3,(H,21,24)(H,22,23). The SMILES string of the molecule is COc1cc(I)c(C(=O)NCCC(=O)NCc2ccncc2)cc1OC. The van der Waals surface area contributed by atoms with Crippen molar-refractivity contribution in [3.63, 3.8) is 0 Å². The van der Waals surface area contributed by atoms with Gasteiger partial charge < -0.3 is 20.1 Å². The van der Waals surface area contributed by atoms with Crippen LogP contribution in [0.3, 0.4) is 0 Å². The smallest absolute Gasteiger partial charge is 0.252 e. The molecule has 0 radical (unpaired) electrons. The van der Waals surface area contributed by atoms with Crippen molar-refractivity contribution in [2.24, 2.45) is 0 Å². The number of amides is 2. The number of ether oxygens (including phenoxy) is 2. The Hall–Kier alpha value is -2.36. The number of methoxy groups -OCH3 is 2. The molecule has 0 spiro atoms. The maximum atomic E-state index is 12.3. The van der Waals surface area contributed by atoms with Crippen molar-refractivity contribution in [2.75, 3.05) is 20.8 Å². The number of halogens is 1. The highest BCUT2D eigenvalue weighted by Crippen LogP contribution is 2.31. The lowest BCUT2D eigenvalue weighted by Gasteiger charge is -2.12. The monoisotopic (exact) mass is 469 g/mol. The Morgan fingerprint density at radius 3 is 2.38 bits per heavy atom. The molecular formula is C18H20IN3O4. The average molecular weight is 469 g/mol. The molecule has 0 atom stereocenters. The van der Waals surface area contributed by atoms with Gasteiger partial charge in [0.2, 0.25) is 5.91 Å². The van der Waals surface area contributed by atoms with Crippen molar-refractivity contribution < 1.29 is 19.1 Å². The summed E-state index contributed by atoms with van der Waals surface area (Å²) in [7, 11) is 3.05. The molecule has 0 aliphatic heterocycles. The van der Waals surface area contributed by atoms with Crippen LogP contribution in [0.1, 0.15) is 22.3 Å². The van der Waals surface area contributed by atoms with E-state index in [4.69, 9.17) is 9.47 Å². The largest absolute Gasteiger partial charge is 0.493 e. The number of carbonyl (C=O) groups is 2. The van der Waals surface area contributed by atoms with Crippen LogP contribution in [-0.2, 0) is 11.3 Å². The highest BCUT2D eigenvalue weighted by molar-refractivity contribution is 14.1. The third-order valence-corrected chi connectivity index (χ3v) is 4.49. The predicted octanol–water partition coefficient (Wildman–Crippen LogP) is 2.14. The lowest BCUT2D eigenvalue weighted by atomic mass is 10.2. The molecule has 7 nitrogen and oxygen atoms in total. The zero-order valence-corrected chi connectivity index (χ0v) is 16.7. The number of benzene rings is 1. The zero-order valence-electron chi connectivity index (χ0n) is 14.5. The number of aromatic nitrogens is 1. The molecule has 2 N–H and O–H groups in total. The van der Waals surface area contributed by atoms with Crippen LogP contribution in [0.25, 0.3) is 0 Å². The molecular weight excluding hydrogens is 449 g/mol. The number of rotatable bonds is 8. The van der Waals surface area contributed by atoms with E-state index in [1.807, 2.05) is 12.1 Å². The molecule has 0 aliphatic rings. The van der Waals surface area contributed by atoms with Crippen molar-refractivity contribution in [2.45, 2.75) is 13.0 Å². The van der Waals surface area contributed by atoms with Crippen molar-refractivity contribution >= 4 is 34.4 Å². The van der Waals surface area contributed by atoms with Gasteiger partial charge in [-0.2, -0.15) is 0 Å². The maximum absolute atomic E-state index is 12.3. The Bertz CT molecular complexity index is 769. The highest BCUT2D eigenvalue weighted by atomic mass is 127. The molecule has 0 bridgehead atoms. The fourth-order valence-corrected chi connectivity index (χ4v) is 2.89. The minimum absolute atomic E-state index is 0.135. The summed E-state index contributed by atoms with van der Waals surface area (Å²) in [4.78, 5) is 28.1. The number of nitrogens with one attached hydrogen (secondary N) is 2. The minimum Gasteiger partial charge on any atom is -0.493 e. The zero-order chi connectivity index (χ0) is 18.9. The van der Waals surface area contributed by atoms with Crippen molar-refractivity contribution in [1.29, 1.82) is 0 Å². The molecule has 1 aromatic carbocycles. The molecule has 2 amide bonds. The lowest BCUT2D eigenvalue weighted by molar-refractivity contribution is -0.121. The average Bonchev–Trinajstić information content (AvgIpc) is 2.66. The summed E-state index contributed by atoms with van der Waals surface area (Å²) < 4.78 is 11.2. The summed E-state index contributed by atoms with van der Waals surface area (Å²) in [5.74, 6) is 0.638. The summed E-state index contributed by atoms with van der Waals surface area (Å²) in [6.45, 7) is 0.675. The third kappa shape index (κ3) is 5.58. The van der Waals surface area contributed by atoms with Gasteiger partial charge in [-0.1, -0.05) is 0 Å². The minimum atomic E-state index is -0.266. The van der Waals surface area contributed by atoms with Crippen LogP contribution in [-0.4, -0.2) is 37.6 Å². The third-order valence-electron chi connectivity index (χ3n) is 3.59. The van der Waals surface area contributed by atoms with Crippen LogP contribution >= 0.6 is 22.6 Å². The molecule has 26 heavy (non-hydrogen) atoms. The molecule has 8 heteroatoms. The van der Waals surface area contributed by atoms with Gasteiger partial charge in [-0.15, -0.1) is 0 Å². The fourth-order valence-electron chi connectivity index (χ4n) is 2.20. The van der Waals surface area contributed by atoms with Gasteiger partial charge in [-0.05, 0) is 52.4 Å². The van der Waals surface area contributed by atoms with E-state index in [-0.39, 0.29) is 24.8 Å². The Morgan fingerprint density at radius 1 is 1.08 bits per heavy atom. The number of nitrogens with zero attached hydrogens (tertiary/aromatic N) is 1. The molecule has 0 saturated heterocycles. The summed E-state index contributed by atoms with van der Waals surface area (Å²) in [6, 6.07) is 7.03. The first-order valence-electron chi connectivity index (χ1n) is 7.90. The summed E-state index contributed by atoms with van der Waals surface area (Å²) in [6.07, 6.45) is 3.54. The number of pyridine rings is 1. The van der Waals surface area contributed by atoms with Crippen molar-refractivity contribution in [1.82, 2.24) is 15.6 Å². The summed E-state index contributed by atoms with van der Waals surface area (Å²) in [5, 5.41) is 5.55.